The normalized spacial score (nSPS) is 10.3. The third kappa shape index (κ3) is 2.99. The summed E-state index contributed by atoms with van der Waals surface area (Å²) in [5, 5.41) is 8.42. The van der Waals surface area contributed by atoms with Gasteiger partial charge < -0.3 is 10.8 Å². The van der Waals surface area contributed by atoms with Crippen LogP contribution in [0.4, 0.5) is 0 Å². The Hall–Kier alpha value is -1.68. The quantitative estimate of drug-likeness (QED) is 0.581. The van der Waals surface area contributed by atoms with E-state index in [1.807, 2.05) is 0 Å². The molecule has 1 rings (SSSR count). The van der Waals surface area contributed by atoms with E-state index in [2.05, 4.69) is 0 Å². The Morgan fingerprint density at radius 1 is 1.50 bits per heavy atom. The van der Waals surface area contributed by atoms with Crippen molar-refractivity contribution in [1.29, 1.82) is 0 Å². The Morgan fingerprint density at radius 2 is 2.21 bits per heavy atom. The van der Waals surface area contributed by atoms with Crippen LogP contribution in [0.5, 0.6) is 0 Å². The second-order valence-electron chi connectivity index (χ2n) is 2.66. The molecule has 0 saturated carbocycles. The summed E-state index contributed by atoms with van der Waals surface area (Å²) in [6, 6.07) is 7.07. The third-order valence-corrected chi connectivity index (χ3v) is 1.83. The molecule has 0 bridgehead atoms. The fourth-order valence-corrected chi connectivity index (χ4v) is 1.09. The predicted molar refractivity (Wildman–Crippen MR) is 59.0 cm³/mol. The summed E-state index contributed by atoms with van der Waals surface area (Å²) < 4.78 is 0. The van der Waals surface area contributed by atoms with Crippen LogP contribution >= 0.6 is 12.2 Å². The highest BCUT2D eigenvalue weighted by molar-refractivity contribution is 7.80. The first-order valence-electron chi connectivity index (χ1n) is 3.90. The van der Waals surface area contributed by atoms with Crippen LogP contribution in [-0.4, -0.2) is 16.1 Å². The lowest BCUT2D eigenvalue weighted by Crippen LogP contribution is -2.08. The molecule has 72 valence electrons. The highest BCUT2D eigenvalue weighted by Crippen LogP contribution is 2.06. The van der Waals surface area contributed by atoms with Gasteiger partial charge in [-0.15, -0.1) is 0 Å². The Bertz CT molecular complexity index is 399. The number of thiocarbonyl (C=S) groups is 1. The van der Waals surface area contributed by atoms with Crippen molar-refractivity contribution in [3.8, 4) is 0 Å². The van der Waals surface area contributed by atoms with Gasteiger partial charge in [0.15, 0.2) is 0 Å². The molecular weight excluding hydrogens is 198 g/mol. The van der Waals surface area contributed by atoms with Crippen molar-refractivity contribution in [2.45, 2.75) is 0 Å². The third-order valence-electron chi connectivity index (χ3n) is 1.59. The number of rotatable bonds is 3. The van der Waals surface area contributed by atoms with Crippen LogP contribution in [0.2, 0.25) is 0 Å². The van der Waals surface area contributed by atoms with Gasteiger partial charge in [0.1, 0.15) is 4.99 Å². The van der Waals surface area contributed by atoms with Crippen molar-refractivity contribution >= 4 is 29.3 Å². The Balaban J connectivity index is 2.94. The molecular formula is C10H9NO2S. The number of carboxylic acids is 1. The molecule has 0 amide bonds. The molecule has 0 saturated heterocycles. The van der Waals surface area contributed by atoms with E-state index in [9.17, 15) is 4.79 Å². The molecule has 0 heterocycles. The maximum Gasteiger partial charge on any atom is 0.328 e. The molecule has 1 aromatic rings. The lowest BCUT2D eigenvalue weighted by Gasteiger charge is -1.98. The lowest BCUT2D eigenvalue weighted by molar-refractivity contribution is -0.131. The fraction of sp³-hybridized carbons (Fsp3) is 0. The molecule has 3 nitrogen and oxygen atoms in total. The minimum absolute atomic E-state index is 0.301. The highest BCUT2D eigenvalue weighted by atomic mass is 32.1. The number of hydrogen-bond donors (Lipinski definition) is 2. The standard InChI is InChI=1S/C10H9NO2S/c11-10(14)8-3-1-2-7(6-8)4-5-9(12)13/h1-6H,(H2,11,14)(H,12,13). The van der Waals surface area contributed by atoms with E-state index >= 15 is 0 Å². The van der Waals surface area contributed by atoms with Gasteiger partial charge in [0.05, 0.1) is 0 Å². The Morgan fingerprint density at radius 3 is 2.79 bits per heavy atom. The van der Waals surface area contributed by atoms with Gasteiger partial charge in [-0.3, -0.25) is 0 Å². The van der Waals surface area contributed by atoms with Gasteiger partial charge in [0, 0.05) is 11.6 Å². The van der Waals surface area contributed by atoms with Gasteiger partial charge in [-0.05, 0) is 17.7 Å². The summed E-state index contributed by atoms with van der Waals surface area (Å²) in [6.07, 6.45) is 2.56. The molecule has 0 fully saturated rings. The molecule has 4 heteroatoms. The number of nitrogens with two attached hydrogens (primary N) is 1. The van der Waals surface area contributed by atoms with Crippen molar-refractivity contribution < 1.29 is 9.90 Å². The molecule has 3 N–H and O–H groups in total. The van der Waals surface area contributed by atoms with E-state index < -0.39 is 5.97 Å². The number of aliphatic carboxylic acids is 1. The molecule has 0 aromatic heterocycles. The number of carboxylic acid groups (broad SMARTS) is 1. The summed E-state index contributed by atoms with van der Waals surface area (Å²) >= 11 is 4.79. The first-order valence-corrected chi connectivity index (χ1v) is 4.31. The van der Waals surface area contributed by atoms with E-state index in [1.165, 1.54) is 6.08 Å². The van der Waals surface area contributed by atoms with Crippen LogP contribution in [0.15, 0.2) is 30.3 Å². The number of benzene rings is 1. The smallest absolute Gasteiger partial charge is 0.328 e. The first-order chi connectivity index (χ1) is 6.59. The van der Waals surface area contributed by atoms with Crippen molar-refractivity contribution in [3.63, 3.8) is 0 Å². The zero-order valence-electron chi connectivity index (χ0n) is 7.31. The van der Waals surface area contributed by atoms with E-state index in [0.29, 0.717) is 4.99 Å². The predicted octanol–water partition coefficient (Wildman–Crippen LogP) is 1.42. The van der Waals surface area contributed by atoms with E-state index in [1.54, 1.807) is 24.3 Å². The van der Waals surface area contributed by atoms with Crippen LogP contribution in [0.1, 0.15) is 11.1 Å². The van der Waals surface area contributed by atoms with Crippen LogP contribution in [0, 0.1) is 0 Å². The molecule has 14 heavy (non-hydrogen) atoms. The maximum absolute atomic E-state index is 10.3. The van der Waals surface area contributed by atoms with Gasteiger partial charge >= 0.3 is 5.97 Å². The second kappa shape index (κ2) is 4.53. The average molecular weight is 207 g/mol. The summed E-state index contributed by atoms with van der Waals surface area (Å²) in [4.78, 5) is 10.6. The fourth-order valence-electron chi connectivity index (χ4n) is 0.963. The van der Waals surface area contributed by atoms with Crippen LogP contribution < -0.4 is 5.73 Å². The Labute approximate surface area is 86.9 Å². The van der Waals surface area contributed by atoms with Crippen molar-refractivity contribution in [2.75, 3.05) is 0 Å². The van der Waals surface area contributed by atoms with Gasteiger partial charge in [0.25, 0.3) is 0 Å². The molecule has 1 aromatic carbocycles. The molecule has 0 atom stereocenters. The van der Waals surface area contributed by atoms with Crippen molar-refractivity contribution in [2.24, 2.45) is 5.73 Å². The molecule has 0 unspecified atom stereocenters. The van der Waals surface area contributed by atoms with E-state index in [4.69, 9.17) is 23.1 Å². The first kappa shape index (κ1) is 10.4. The largest absolute Gasteiger partial charge is 0.478 e. The Kier molecular flexibility index (Phi) is 3.36. The summed E-state index contributed by atoms with van der Waals surface area (Å²) in [7, 11) is 0. The zero-order chi connectivity index (χ0) is 10.6. The van der Waals surface area contributed by atoms with Gasteiger partial charge in [-0.2, -0.15) is 0 Å². The van der Waals surface area contributed by atoms with Crippen LogP contribution in [0.25, 0.3) is 6.08 Å². The molecule has 0 aliphatic carbocycles. The van der Waals surface area contributed by atoms with Crippen molar-refractivity contribution in [1.82, 2.24) is 0 Å². The van der Waals surface area contributed by atoms with Gasteiger partial charge in [0.2, 0.25) is 0 Å². The van der Waals surface area contributed by atoms with Crippen molar-refractivity contribution in [3.05, 3.63) is 41.5 Å². The molecule has 0 aliphatic heterocycles. The van der Waals surface area contributed by atoms with E-state index in [0.717, 1.165) is 17.2 Å². The SMILES string of the molecule is NC(=S)c1cccc(C=CC(=O)O)c1. The minimum Gasteiger partial charge on any atom is -0.478 e. The number of carbonyl (C=O) groups is 1. The zero-order valence-corrected chi connectivity index (χ0v) is 8.12. The number of hydrogen-bond acceptors (Lipinski definition) is 2. The monoisotopic (exact) mass is 207 g/mol. The summed E-state index contributed by atoms with van der Waals surface area (Å²) in [5.74, 6) is -0.981. The highest BCUT2D eigenvalue weighted by Gasteiger charge is 1.96. The van der Waals surface area contributed by atoms with Gasteiger partial charge in [-0.25, -0.2) is 4.79 Å². The summed E-state index contributed by atoms with van der Waals surface area (Å²) in [6.45, 7) is 0. The average Bonchev–Trinajstić information content (AvgIpc) is 2.15. The topological polar surface area (TPSA) is 63.3 Å². The van der Waals surface area contributed by atoms with Gasteiger partial charge in [-0.1, -0.05) is 30.4 Å². The maximum atomic E-state index is 10.3. The van der Waals surface area contributed by atoms with Crippen LogP contribution in [0.3, 0.4) is 0 Å². The molecule has 0 spiro atoms. The summed E-state index contributed by atoms with van der Waals surface area (Å²) in [5.41, 5.74) is 6.92. The minimum atomic E-state index is -0.981. The second-order valence-corrected chi connectivity index (χ2v) is 3.10. The molecule has 0 radical (unpaired) electrons. The lowest BCUT2D eigenvalue weighted by atomic mass is 10.1. The van der Waals surface area contributed by atoms with Crippen LogP contribution in [-0.2, 0) is 4.79 Å². The molecule has 0 aliphatic rings. The van der Waals surface area contributed by atoms with E-state index in [-0.39, 0.29) is 0 Å².